The van der Waals surface area contributed by atoms with Gasteiger partial charge in [0.25, 0.3) is 11.8 Å². The molecule has 0 bridgehead atoms. The molecule has 2 amide bonds. The van der Waals surface area contributed by atoms with Crippen LogP contribution in [0.5, 0.6) is 0 Å². The van der Waals surface area contributed by atoms with Crippen LogP contribution in [0.4, 0.5) is 5.82 Å². The summed E-state index contributed by atoms with van der Waals surface area (Å²) in [5.74, 6) is -0.444. The number of aromatic amines is 1. The zero-order chi connectivity index (χ0) is 17.7. The molecule has 1 aromatic heterocycles. The van der Waals surface area contributed by atoms with Gasteiger partial charge in [-0.1, -0.05) is 23.7 Å². The van der Waals surface area contributed by atoms with Crippen molar-refractivity contribution in [1.82, 2.24) is 20.4 Å². The van der Waals surface area contributed by atoms with Crippen LogP contribution in [0.15, 0.2) is 28.7 Å². The van der Waals surface area contributed by atoms with E-state index in [4.69, 9.17) is 11.6 Å². The lowest BCUT2D eigenvalue weighted by atomic mass is 10.2. The normalized spacial score (nSPS) is 10.7. The van der Waals surface area contributed by atoms with Gasteiger partial charge in [0.1, 0.15) is 5.82 Å². The minimum atomic E-state index is -0.399. The number of nitrogens with one attached hydrogen (secondary N) is 3. The molecule has 7 nitrogen and oxygen atoms in total. The molecule has 0 radical (unpaired) electrons. The first-order valence-corrected chi connectivity index (χ1v) is 8.30. The van der Waals surface area contributed by atoms with E-state index in [1.54, 1.807) is 24.3 Å². The Morgan fingerprint density at radius 2 is 2.00 bits per heavy atom. The Bertz CT molecular complexity index is 747. The number of amides is 2. The summed E-state index contributed by atoms with van der Waals surface area (Å²) >= 11 is 9.28. The second kappa shape index (κ2) is 8.27. The fraction of sp³-hybridized carbons (Fsp3) is 0.267. The molecule has 0 atom stereocenters. The van der Waals surface area contributed by atoms with E-state index in [1.165, 1.54) is 0 Å². The number of carbonyl (C=O) groups is 2. The number of likely N-dealkylation sites (N-methyl/N-ethyl adjacent to an activating group) is 1. The van der Waals surface area contributed by atoms with E-state index in [0.717, 1.165) is 0 Å². The monoisotopic (exact) mass is 413 g/mol. The fourth-order valence-electron chi connectivity index (χ4n) is 1.86. The van der Waals surface area contributed by atoms with Crippen molar-refractivity contribution in [2.45, 2.75) is 0 Å². The number of benzene rings is 1. The lowest BCUT2D eigenvalue weighted by Gasteiger charge is -2.09. The van der Waals surface area contributed by atoms with Crippen molar-refractivity contribution in [3.8, 4) is 0 Å². The average molecular weight is 415 g/mol. The molecule has 2 rings (SSSR count). The van der Waals surface area contributed by atoms with Gasteiger partial charge in [-0.15, -0.1) is 0 Å². The Labute approximate surface area is 152 Å². The number of aromatic nitrogens is 2. The highest BCUT2D eigenvalue weighted by Gasteiger charge is 2.20. The van der Waals surface area contributed by atoms with Gasteiger partial charge in [-0.25, -0.2) is 0 Å². The van der Waals surface area contributed by atoms with Gasteiger partial charge in [0.15, 0.2) is 5.69 Å². The van der Waals surface area contributed by atoms with Gasteiger partial charge in [-0.3, -0.25) is 14.7 Å². The Morgan fingerprint density at radius 3 is 2.67 bits per heavy atom. The summed E-state index contributed by atoms with van der Waals surface area (Å²) in [6.07, 6.45) is 0. The SMILES string of the molecule is CN(C)CCNC(=O)c1n[nH]c(NC(=O)c2ccccc2Cl)c1Br. The number of H-pyrrole nitrogens is 1. The largest absolute Gasteiger partial charge is 0.349 e. The third-order valence-electron chi connectivity index (χ3n) is 3.12. The number of rotatable bonds is 6. The highest BCUT2D eigenvalue weighted by molar-refractivity contribution is 9.10. The van der Waals surface area contributed by atoms with Crippen molar-refractivity contribution in [3.05, 3.63) is 45.0 Å². The topological polar surface area (TPSA) is 90.1 Å². The number of hydrogen-bond acceptors (Lipinski definition) is 4. The summed E-state index contributed by atoms with van der Waals surface area (Å²) in [6, 6.07) is 6.69. The first-order valence-electron chi connectivity index (χ1n) is 7.12. The van der Waals surface area contributed by atoms with Crippen molar-refractivity contribution < 1.29 is 9.59 Å². The summed E-state index contributed by atoms with van der Waals surface area (Å²) < 4.78 is 0.380. The van der Waals surface area contributed by atoms with Crippen LogP contribution in [0.1, 0.15) is 20.8 Å². The van der Waals surface area contributed by atoms with Crippen molar-refractivity contribution in [2.24, 2.45) is 0 Å². The van der Waals surface area contributed by atoms with E-state index in [0.29, 0.717) is 28.1 Å². The average Bonchev–Trinajstić information content (AvgIpc) is 2.88. The summed E-state index contributed by atoms with van der Waals surface area (Å²) in [5, 5.41) is 12.3. The summed E-state index contributed by atoms with van der Waals surface area (Å²) in [6.45, 7) is 1.20. The predicted molar refractivity (Wildman–Crippen MR) is 96.6 cm³/mol. The number of halogens is 2. The summed E-state index contributed by atoms with van der Waals surface area (Å²) in [5.41, 5.74) is 0.501. The van der Waals surface area contributed by atoms with Gasteiger partial charge < -0.3 is 15.5 Å². The molecular weight excluding hydrogens is 398 g/mol. The molecule has 0 aliphatic carbocycles. The standard InChI is InChI=1S/C15H17BrClN5O2/c1-22(2)8-7-18-15(24)12-11(16)13(21-20-12)19-14(23)9-5-3-4-6-10(9)17/h3-6H,7-8H2,1-2H3,(H,18,24)(H2,19,20,21,23). The molecule has 3 N–H and O–H groups in total. The molecule has 0 unspecified atom stereocenters. The Hall–Kier alpha value is -1.90. The Balaban J connectivity index is 2.06. The molecule has 0 aliphatic heterocycles. The number of nitrogens with zero attached hydrogens (tertiary/aromatic N) is 2. The van der Waals surface area contributed by atoms with Crippen LogP contribution in [0.2, 0.25) is 5.02 Å². The Morgan fingerprint density at radius 1 is 1.29 bits per heavy atom. The van der Waals surface area contributed by atoms with Crippen LogP contribution >= 0.6 is 27.5 Å². The quantitative estimate of drug-likeness (QED) is 0.677. The number of anilines is 1. The summed E-state index contributed by atoms with van der Waals surface area (Å²) in [4.78, 5) is 26.3. The molecular formula is C15H17BrClN5O2. The van der Waals surface area contributed by atoms with E-state index >= 15 is 0 Å². The molecule has 128 valence electrons. The highest BCUT2D eigenvalue weighted by atomic mass is 79.9. The van der Waals surface area contributed by atoms with E-state index in [1.807, 2.05) is 19.0 Å². The maximum absolute atomic E-state index is 12.2. The third kappa shape index (κ3) is 4.56. The van der Waals surface area contributed by atoms with Crippen LogP contribution in [0.25, 0.3) is 0 Å². The van der Waals surface area contributed by atoms with Crippen molar-refractivity contribution in [1.29, 1.82) is 0 Å². The molecule has 2 aromatic rings. The van der Waals surface area contributed by atoms with E-state index in [2.05, 4.69) is 36.8 Å². The maximum Gasteiger partial charge on any atom is 0.273 e. The van der Waals surface area contributed by atoms with E-state index in [9.17, 15) is 9.59 Å². The second-order valence-electron chi connectivity index (χ2n) is 5.25. The second-order valence-corrected chi connectivity index (χ2v) is 6.45. The molecule has 0 fully saturated rings. The molecule has 24 heavy (non-hydrogen) atoms. The fourth-order valence-corrected chi connectivity index (χ4v) is 2.54. The zero-order valence-electron chi connectivity index (χ0n) is 13.2. The summed E-state index contributed by atoms with van der Waals surface area (Å²) in [7, 11) is 3.83. The van der Waals surface area contributed by atoms with Crippen LogP contribution in [-0.4, -0.2) is 54.1 Å². The van der Waals surface area contributed by atoms with Crippen LogP contribution in [0, 0.1) is 0 Å². The van der Waals surface area contributed by atoms with Gasteiger partial charge in [0.2, 0.25) is 0 Å². The van der Waals surface area contributed by atoms with Crippen molar-refractivity contribution >= 4 is 45.2 Å². The first kappa shape index (κ1) is 18.4. The van der Waals surface area contributed by atoms with Crippen LogP contribution in [-0.2, 0) is 0 Å². The smallest absolute Gasteiger partial charge is 0.273 e. The lowest BCUT2D eigenvalue weighted by Crippen LogP contribution is -2.31. The molecule has 0 saturated heterocycles. The van der Waals surface area contributed by atoms with Crippen LogP contribution in [0.3, 0.4) is 0 Å². The zero-order valence-corrected chi connectivity index (χ0v) is 15.5. The van der Waals surface area contributed by atoms with Gasteiger partial charge in [-0.2, -0.15) is 5.10 Å². The minimum Gasteiger partial charge on any atom is -0.349 e. The third-order valence-corrected chi connectivity index (χ3v) is 4.23. The highest BCUT2D eigenvalue weighted by Crippen LogP contribution is 2.25. The van der Waals surface area contributed by atoms with Crippen molar-refractivity contribution in [2.75, 3.05) is 32.5 Å². The number of hydrogen-bond donors (Lipinski definition) is 3. The molecule has 1 heterocycles. The van der Waals surface area contributed by atoms with E-state index in [-0.39, 0.29) is 17.4 Å². The first-order chi connectivity index (χ1) is 11.4. The van der Waals surface area contributed by atoms with E-state index < -0.39 is 5.91 Å². The minimum absolute atomic E-state index is 0.170. The predicted octanol–water partition coefficient (Wildman–Crippen LogP) is 2.37. The Kier molecular flexibility index (Phi) is 6.36. The molecule has 0 spiro atoms. The molecule has 0 aliphatic rings. The number of carbonyl (C=O) groups excluding carboxylic acids is 2. The lowest BCUT2D eigenvalue weighted by molar-refractivity contribution is 0.0944. The van der Waals surface area contributed by atoms with Gasteiger partial charge >= 0.3 is 0 Å². The maximum atomic E-state index is 12.2. The van der Waals surface area contributed by atoms with Crippen molar-refractivity contribution in [3.63, 3.8) is 0 Å². The van der Waals surface area contributed by atoms with Crippen LogP contribution < -0.4 is 10.6 Å². The van der Waals surface area contributed by atoms with Gasteiger partial charge in [0, 0.05) is 13.1 Å². The molecule has 9 heteroatoms. The van der Waals surface area contributed by atoms with Gasteiger partial charge in [-0.05, 0) is 42.2 Å². The molecule has 0 saturated carbocycles. The van der Waals surface area contributed by atoms with Gasteiger partial charge in [0.05, 0.1) is 15.1 Å². The molecule has 1 aromatic carbocycles.